The molecule has 0 saturated carbocycles. The quantitative estimate of drug-likeness (QED) is 0.282. The molecule has 0 atom stereocenters. The van der Waals surface area contributed by atoms with Gasteiger partial charge in [0, 0.05) is 29.0 Å². The lowest BCUT2D eigenvalue weighted by atomic mass is 10.1. The minimum absolute atomic E-state index is 0.577. The van der Waals surface area contributed by atoms with Gasteiger partial charge in [-0.1, -0.05) is 0 Å². The molecule has 0 bridgehead atoms. The Labute approximate surface area is 188 Å². The normalized spacial score (nSPS) is 12.0. The molecule has 0 saturated heterocycles. The lowest BCUT2D eigenvalue weighted by Crippen LogP contribution is -2.01. The number of thiophene rings is 1. The second-order valence-corrected chi connectivity index (χ2v) is 8.15. The number of aromatic nitrogens is 4. The summed E-state index contributed by atoms with van der Waals surface area (Å²) in [6.07, 6.45) is 3.61. The van der Waals surface area contributed by atoms with Crippen LogP contribution in [0, 0.1) is 0 Å². The summed E-state index contributed by atoms with van der Waals surface area (Å²) in [6, 6.07) is 14.4. The van der Waals surface area contributed by atoms with Crippen LogP contribution >= 0.6 is 11.3 Å². The van der Waals surface area contributed by atoms with Crippen LogP contribution in [0.1, 0.15) is 12.5 Å². The fourth-order valence-corrected chi connectivity index (χ4v) is 4.45. The number of fused-ring (bicyclic) bond motifs is 3. The Bertz CT molecular complexity index is 1410. The molecule has 3 aromatic heterocycles. The van der Waals surface area contributed by atoms with Crippen LogP contribution < -0.4 is 16.0 Å². The second-order valence-electron chi connectivity index (χ2n) is 7.24. The van der Waals surface area contributed by atoms with E-state index in [0.717, 1.165) is 57.6 Å². The van der Waals surface area contributed by atoms with Crippen LogP contribution in [-0.2, 0) is 11.2 Å². The van der Waals surface area contributed by atoms with E-state index >= 15 is 0 Å². The number of anilines is 5. The molecule has 0 spiro atoms. The van der Waals surface area contributed by atoms with E-state index in [1.807, 2.05) is 29.8 Å². The Morgan fingerprint density at radius 3 is 2.81 bits per heavy atom. The molecule has 5 aromatic rings. The van der Waals surface area contributed by atoms with Gasteiger partial charge in [0.15, 0.2) is 5.82 Å². The molecule has 0 aliphatic carbocycles. The van der Waals surface area contributed by atoms with Gasteiger partial charge in [-0.05, 0) is 66.8 Å². The van der Waals surface area contributed by atoms with Crippen molar-refractivity contribution in [3.8, 4) is 0 Å². The van der Waals surface area contributed by atoms with E-state index in [2.05, 4.69) is 55.4 Å². The SMILES string of the molecule is CC=O.c1cc2nc(Nc3ccc4c(c3)CCN4)nc(Nc3ccc4[nH]ncc4c3)c2s1. The summed E-state index contributed by atoms with van der Waals surface area (Å²) in [4.78, 5) is 18.3. The number of aldehydes is 1. The van der Waals surface area contributed by atoms with Gasteiger partial charge in [-0.25, -0.2) is 4.98 Å². The van der Waals surface area contributed by atoms with Gasteiger partial charge in [0.1, 0.15) is 6.29 Å². The topological polar surface area (TPSA) is 108 Å². The highest BCUT2D eigenvalue weighted by Gasteiger charge is 2.13. The third kappa shape index (κ3) is 3.97. The van der Waals surface area contributed by atoms with Gasteiger partial charge in [0.25, 0.3) is 0 Å². The van der Waals surface area contributed by atoms with Crippen molar-refractivity contribution in [3.63, 3.8) is 0 Å². The molecule has 0 radical (unpaired) electrons. The molecule has 6 rings (SSSR count). The Morgan fingerprint density at radius 1 is 1.06 bits per heavy atom. The predicted molar refractivity (Wildman–Crippen MR) is 130 cm³/mol. The first kappa shape index (κ1) is 20.0. The van der Waals surface area contributed by atoms with Crippen LogP contribution in [0.4, 0.5) is 28.8 Å². The summed E-state index contributed by atoms with van der Waals surface area (Å²) in [7, 11) is 0. The largest absolute Gasteiger partial charge is 0.384 e. The van der Waals surface area contributed by atoms with Crippen LogP contribution in [0.25, 0.3) is 21.1 Å². The molecule has 2 aromatic carbocycles. The first-order valence-electron chi connectivity index (χ1n) is 10.2. The first-order chi connectivity index (χ1) is 15.7. The average molecular weight is 444 g/mol. The van der Waals surface area contributed by atoms with Crippen LogP contribution in [0.5, 0.6) is 0 Å². The van der Waals surface area contributed by atoms with Crippen LogP contribution in [-0.4, -0.2) is 33.0 Å². The third-order valence-corrected chi connectivity index (χ3v) is 5.99. The number of nitrogens with zero attached hydrogens (tertiary/aromatic N) is 3. The monoisotopic (exact) mass is 443 g/mol. The number of H-pyrrole nitrogens is 1. The lowest BCUT2D eigenvalue weighted by molar-refractivity contribution is -0.106. The lowest BCUT2D eigenvalue weighted by Gasteiger charge is -2.11. The number of aromatic amines is 1. The zero-order chi connectivity index (χ0) is 21.9. The molecule has 0 unspecified atom stereocenters. The summed E-state index contributed by atoms with van der Waals surface area (Å²) in [5.41, 5.74) is 6.41. The van der Waals surface area contributed by atoms with Gasteiger partial charge in [0.2, 0.25) is 5.95 Å². The summed E-state index contributed by atoms with van der Waals surface area (Å²) >= 11 is 1.63. The van der Waals surface area contributed by atoms with Crippen molar-refractivity contribution in [2.45, 2.75) is 13.3 Å². The summed E-state index contributed by atoms with van der Waals surface area (Å²) < 4.78 is 1.03. The number of rotatable bonds is 4. The molecule has 0 amide bonds. The molecular formula is C23H21N7OS. The fraction of sp³-hybridized carbons (Fsp3) is 0.130. The molecule has 0 fully saturated rings. The molecule has 1 aliphatic rings. The van der Waals surface area contributed by atoms with Gasteiger partial charge in [-0.3, -0.25) is 5.10 Å². The zero-order valence-corrected chi connectivity index (χ0v) is 18.2. The number of hydrogen-bond donors (Lipinski definition) is 4. The van der Waals surface area contributed by atoms with Crippen LogP contribution in [0.15, 0.2) is 54.0 Å². The minimum atomic E-state index is 0.577. The van der Waals surface area contributed by atoms with Gasteiger partial charge >= 0.3 is 0 Å². The number of benzene rings is 2. The smallest absolute Gasteiger partial charge is 0.229 e. The molecule has 4 heterocycles. The summed E-state index contributed by atoms with van der Waals surface area (Å²) in [5.74, 6) is 1.37. The van der Waals surface area contributed by atoms with Crippen LogP contribution in [0.2, 0.25) is 0 Å². The summed E-state index contributed by atoms with van der Waals surface area (Å²) in [6.45, 7) is 2.44. The average Bonchev–Trinajstić information content (AvgIpc) is 3.54. The van der Waals surface area contributed by atoms with E-state index in [1.165, 1.54) is 18.2 Å². The first-order valence-corrected chi connectivity index (χ1v) is 11.1. The van der Waals surface area contributed by atoms with E-state index in [4.69, 9.17) is 9.78 Å². The number of carbonyl (C=O) groups excluding carboxylic acids is 1. The highest BCUT2D eigenvalue weighted by Crippen LogP contribution is 2.32. The zero-order valence-electron chi connectivity index (χ0n) is 17.3. The Hall–Kier alpha value is -3.98. The summed E-state index contributed by atoms with van der Waals surface area (Å²) in [5, 5.41) is 20.4. The third-order valence-electron chi connectivity index (χ3n) is 5.08. The van der Waals surface area contributed by atoms with Gasteiger partial charge < -0.3 is 20.7 Å². The van der Waals surface area contributed by atoms with Gasteiger partial charge in [-0.2, -0.15) is 10.1 Å². The van der Waals surface area contributed by atoms with Crippen molar-refractivity contribution in [2.24, 2.45) is 0 Å². The maximum atomic E-state index is 8.81. The number of nitrogens with one attached hydrogen (secondary N) is 4. The van der Waals surface area contributed by atoms with Crippen molar-refractivity contribution < 1.29 is 4.79 Å². The van der Waals surface area contributed by atoms with E-state index in [1.54, 1.807) is 11.3 Å². The van der Waals surface area contributed by atoms with Crippen molar-refractivity contribution in [1.82, 2.24) is 20.2 Å². The van der Waals surface area contributed by atoms with E-state index in [9.17, 15) is 0 Å². The molecule has 160 valence electrons. The Morgan fingerprint density at radius 2 is 1.91 bits per heavy atom. The molecular weight excluding hydrogens is 422 g/mol. The maximum absolute atomic E-state index is 8.81. The van der Waals surface area contributed by atoms with Crippen molar-refractivity contribution >= 4 is 67.6 Å². The molecule has 9 heteroatoms. The molecule has 8 nitrogen and oxygen atoms in total. The predicted octanol–water partition coefficient (Wildman–Crippen LogP) is 5.23. The standard InChI is InChI=1S/C21H17N7S.C2H4O/c1-3-16-12(5-7-22-16)9-15(1)25-21-26-18-6-8-29-19(18)20(27-21)24-14-2-4-17-13(10-14)11-23-28-17;1-2-3/h1-4,6,8-11,22H,5,7H2,(H,23,28)(H2,24,25,26,27);2H,1H3. The molecule has 32 heavy (non-hydrogen) atoms. The van der Waals surface area contributed by atoms with Crippen molar-refractivity contribution in [2.75, 3.05) is 22.5 Å². The van der Waals surface area contributed by atoms with E-state index < -0.39 is 0 Å². The van der Waals surface area contributed by atoms with Gasteiger partial charge in [0.05, 0.1) is 21.9 Å². The Balaban J connectivity index is 0.000000684. The maximum Gasteiger partial charge on any atom is 0.229 e. The van der Waals surface area contributed by atoms with Gasteiger partial charge in [-0.15, -0.1) is 11.3 Å². The van der Waals surface area contributed by atoms with Crippen molar-refractivity contribution in [1.29, 1.82) is 0 Å². The minimum Gasteiger partial charge on any atom is -0.384 e. The number of hydrogen-bond acceptors (Lipinski definition) is 8. The number of carbonyl (C=O) groups is 1. The van der Waals surface area contributed by atoms with E-state index in [-0.39, 0.29) is 0 Å². The highest BCUT2D eigenvalue weighted by molar-refractivity contribution is 7.17. The molecule has 1 aliphatic heterocycles. The molecule has 4 N–H and O–H groups in total. The Kier molecular flexibility index (Phi) is 5.39. The van der Waals surface area contributed by atoms with E-state index in [0.29, 0.717) is 5.95 Å². The van der Waals surface area contributed by atoms with Crippen molar-refractivity contribution in [3.05, 3.63) is 59.6 Å². The highest BCUT2D eigenvalue weighted by atomic mass is 32.1. The van der Waals surface area contributed by atoms with Crippen LogP contribution in [0.3, 0.4) is 0 Å². The fourth-order valence-electron chi connectivity index (χ4n) is 3.67. The second kappa shape index (κ2) is 8.64.